The Bertz CT molecular complexity index is 533. The van der Waals surface area contributed by atoms with Crippen LogP contribution in [-0.4, -0.2) is 23.5 Å². The first-order valence-electron chi connectivity index (χ1n) is 5.72. The second kappa shape index (κ2) is 5.04. The molecule has 8 heteroatoms. The Kier molecular flexibility index (Phi) is 3.61. The fourth-order valence-electron chi connectivity index (χ4n) is 1.87. The number of aromatic nitrogens is 1. The number of hydrogen-bond donors (Lipinski definition) is 3. The summed E-state index contributed by atoms with van der Waals surface area (Å²) in [6.07, 6.45) is -2.58. The van der Waals surface area contributed by atoms with Gasteiger partial charge in [0.1, 0.15) is 5.69 Å². The van der Waals surface area contributed by atoms with Gasteiger partial charge in [-0.05, 0) is 25.5 Å². The molecule has 3 N–H and O–H groups in total. The van der Waals surface area contributed by atoms with Gasteiger partial charge in [0.25, 0.3) is 5.56 Å². The summed E-state index contributed by atoms with van der Waals surface area (Å²) in [5, 5.41) is 5.11. The highest BCUT2D eigenvalue weighted by Crippen LogP contribution is 2.29. The zero-order valence-corrected chi connectivity index (χ0v) is 9.80. The molecule has 104 valence electrons. The van der Waals surface area contributed by atoms with E-state index in [0.29, 0.717) is 25.2 Å². The van der Waals surface area contributed by atoms with Gasteiger partial charge in [0.2, 0.25) is 5.91 Å². The lowest BCUT2D eigenvalue weighted by molar-refractivity contribution is -0.137. The molecule has 0 bridgehead atoms. The summed E-state index contributed by atoms with van der Waals surface area (Å²) >= 11 is 0. The summed E-state index contributed by atoms with van der Waals surface area (Å²) in [5.41, 5.74) is -2.17. The van der Waals surface area contributed by atoms with Gasteiger partial charge < -0.3 is 15.6 Å². The highest BCUT2D eigenvalue weighted by atomic mass is 19.4. The van der Waals surface area contributed by atoms with Gasteiger partial charge in [0, 0.05) is 6.20 Å². The van der Waals surface area contributed by atoms with E-state index in [-0.39, 0.29) is 0 Å². The maximum atomic E-state index is 12.5. The number of nitrogens with one attached hydrogen (secondary N) is 3. The zero-order valence-electron chi connectivity index (χ0n) is 9.80. The van der Waals surface area contributed by atoms with E-state index < -0.39 is 34.9 Å². The maximum Gasteiger partial charge on any atom is 0.417 e. The molecule has 1 aromatic rings. The van der Waals surface area contributed by atoms with E-state index in [1.165, 1.54) is 0 Å². The standard InChI is InChI=1S/C11H12F3N3O2/c12-11(13,14)6-4-8(9(18)16-5-6)17-10(19)7-2-1-3-15-7/h4-5,7,15H,1-3H2,(H,16,18)(H,17,19)/t7-/m1/s1. The molecule has 0 unspecified atom stereocenters. The minimum Gasteiger partial charge on any atom is -0.327 e. The summed E-state index contributed by atoms with van der Waals surface area (Å²) in [4.78, 5) is 25.1. The van der Waals surface area contributed by atoms with Crippen LogP contribution >= 0.6 is 0 Å². The van der Waals surface area contributed by atoms with Gasteiger partial charge in [-0.2, -0.15) is 13.2 Å². The van der Waals surface area contributed by atoms with Gasteiger partial charge in [-0.15, -0.1) is 0 Å². The third kappa shape index (κ3) is 3.14. The van der Waals surface area contributed by atoms with E-state index >= 15 is 0 Å². The molecule has 1 aromatic heterocycles. The average molecular weight is 275 g/mol. The van der Waals surface area contributed by atoms with Crippen LogP contribution in [0.2, 0.25) is 0 Å². The summed E-state index contributed by atoms with van der Waals surface area (Å²) in [5.74, 6) is -0.498. The number of amides is 1. The summed E-state index contributed by atoms with van der Waals surface area (Å²) in [6, 6.07) is 0.167. The molecule has 1 atom stereocenters. The molecule has 1 fully saturated rings. The van der Waals surface area contributed by atoms with Crippen LogP contribution in [0, 0.1) is 0 Å². The molecule has 19 heavy (non-hydrogen) atoms. The number of H-pyrrole nitrogens is 1. The fourth-order valence-corrected chi connectivity index (χ4v) is 1.87. The molecule has 0 aliphatic carbocycles. The zero-order chi connectivity index (χ0) is 14.0. The third-order valence-electron chi connectivity index (χ3n) is 2.87. The van der Waals surface area contributed by atoms with Crippen molar-refractivity contribution >= 4 is 11.6 Å². The molecule has 0 spiro atoms. The van der Waals surface area contributed by atoms with Crippen LogP contribution in [0.25, 0.3) is 0 Å². The van der Waals surface area contributed by atoms with Crippen molar-refractivity contribution in [2.45, 2.75) is 25.1 Å². The van der Waals surface area contributed by atoms with E-state index in [9.17, 15) is 22.8 Å². The first-order valence-corrected chi connectivity index (χ1v) is 5.72. The molecular weight excluding hydrogens is 263 g/mol. The van der Waals surface area contributed by atoms with Crippen LogP contribution in [-0.2, 0) is 11.0 Å². The topological polar surface area (TPSA) is 74.0 Å². The van der Waals surface area contributed by atoms with E-state index in [1.54, 1.807) is 0 Å². The van der Waals surface area contributed by atoms with Crippen molar-refractivity contribution < 1.29 is 18.0 Å². The largest absolute Gasteiger partial charge is 0.417 e. The van der Waals surface area contributed by atoms with Crippen molar-refractivity contribution in [2.24, 2.45) is 0 Å². The number of aromatic amines is 1. The minimum atomic E-state index is -4.57. The van der Waals surface area contributed by atoms with Crippen LogP contribution in [0.4, 0.5) is 18.9 Å². The number of carbonyl (C=O) groups is 1. The van der Waals surface area contributed by atoms with Crippen molar-refractivity contribution in [3.63, 3.8) is 0 Å². The molecule has 0 radical (unpaired) electrons. The van der Waals surface area contributed by atoms with Crippen LogP contribution in [0.15, 0.2) is 17.1 Å². The summed E-state index contributed by atoms with van der Waals surface area (Å²) in [7, 11) is 0. The number of anilines is 1. The lowest BCUT2D eigenvalue weighted by Crippen LogP contribution is -2.37. The smallest absolute Gasteiger partial charge is 0.327 e. The number of hydrogen-bond acceptors (Lipinski definition) is 3. The summed E-state index contributed by atoms with van der Waals surface area (Å²) < 4.78 is 37.5. The van der Waals surface area contributed by atoms with Gasteiger partial charge in [0.15, 0.2) is 0 Å². The molecule has 1 aliphatic rings. The monoisotopic (exact) mass is 275 g/mol. The van der Waals surface area contributed by atoms with Crippen LogP contribution < -0.4 is 16.2 Å². The fraction of sp³-hybridized carbons (Fsp3) is 0.455. The molecule has 2 heterocycles. The highest BCUT2D eigenvalue weighted by Gasteiger charge is 2.32. The van der Waals surface area contributed by atoms with Gasteiger partial charge in [-0.3, -0.25) is 9.59 Å². The molecular formula is C11H12F3N3O2. The number of pyridine rings is 1. The molecule has 0 saturated carbocycles. The van der Waals surface area contributed by atoms with Gasteiger partial charge in [0.05, 0.1) is 11.6 Å². The van der Waals surface area contributed by atoms with Crippen LogP contribution in [0.3, 0.4) is 0 Å². The van der Waals surface area contributed by atoms with E-state index in [4.69, 9.17) is 0 Å². The minimum absolute atomic E-state index is 0.395. The number of rotatable bonds is 2. The Labute approximate surface area is 106 Å². The Morgan fingerprint density at radius 2 is 2.16 bits per heavy atom. The molecule has 1 saturated heterocycles. The van der Waals surface area contributed by atoms with Crippen LogP contribution in [0.5, 0.6) is 0 Å². The molecule has 1 aliphatic heterocycles. The highest BCUT2D eigenvalue weighted by molar-refractivity contribution is 5.94. The van der Waals surface area contributed by atoms with Crippen molar-refractivity contribution in [1.29, 1.82) is 0 Å². The molecule has 2 rings (SSSR count). The van der Waals surface area contributed by atoms with Gasteiger partial charge >= 0.3 is 6.18 Å². The van der Waals surface area contributed by atoms with E-state index in [1.807, 2.05) is 4.98 Å². The third-order valence-corrected chi connectivity index (χ3v) is 2.87. The normalized spacial score (nSPS) is 19.4. The van der Waals surface area contributed by atoms with Crippen molar-refractivity contribution in [2.75, 3.05) is 11.9 Å². The first-order chi connectivity index (χ1) is 8.88. The molecule has 0 aromatic carbocycles. The summed E-state index contributed by atoms with van der Waals surface area (Å²) in [6.45, 7) is 0.678. The van der Waals surface area contributed by atoms with Gasteiger partial charge in [-0.1, -0.05) is 0 Å². The van der Waals surface area contributed by atoms with E-state index in [0.717, 1.165) is 6.42 Å². The first kappa shape index (κ1) is 13.6. The predicted octanol–water partition coefficient (Wildman–Crippen LogP) is 1.08. The Morgan fingerprint density at radius 3 is 2.74 bits per heavy atom. The second-order valence-corrected chi connectivity index (χ2v) is 4.27. The Hall–Kier alpha value is -1.83. The Balaban J connectivity index is 2.19. The van der Waals surface area contributed by atoms with Crippen molar-refractivity contribution in [1.82, 2.24) is 10.3 Å². The van der Waals surface area contributed by atoms with E-state index in [2.05, 4.69) is 10.6 Å². The SMILES string of the molecule is O=C(Nc1cc(C(F)(F)F)c[nH]c1=O)[C@H]1CCCN1. The predicted molar refractivity (Wildman–Crippen MR) is 61.7 cm³/mol. The number of carbonyl (C=O) groups excluding carboxylic acids is 1. The van der Waals surface area contributed by atoms with Crippen LogP contribution in [0.1, 0.15) is 18.4 Å². The van der Waals surface area contributed by atoms with Gasteiger partial charge in [-0.25, -0.2) is 0 Å². The molecule has 1 amide bonds. The quantitative estimate of drug-likeness (QED) is 0.756. The molecule has 5 nitrogen and oxygen atoms in total. The van der Waals surface area contributed by atoms with Crippen molar-refractivity contribution in [3.05, 3.63) is 28.2 Å². The number of halogens is 3. The second-order valence-electron chi connectivity index (χ2n) is 4.27. The average Bonchev–Trinajstić information content (AvgIpc) is 2.84. The Morgan fingerprint density at radius 1 is 1.42 bits per heavy atom. The number of alkyl halides is 3. The maximum absolute atomic E-state index is 12.5. The lowest BCUT2D eigenvalue weighted by Gasteiger charge is -2.12. The van der Waals surface area contributed by atoms with Crippen molar-refractivity contribution in [3.8, 4) is 0 Å². The lowest BCUT2D eigenvalue weighted by atomic mass is 10.2.